The molecule has 0 radical (unpaired) electrons. The van der Waals surface area contributed by atoms with E-state index in [0.29, 0.717) is 17.3 Å². The van der Waals surface area contributed by atoms with E-state index in [1.807, 2.05) is 29.6 Å². The predicted molar refractivity (Wildman–Crippen MR) is 91.7 cm³/mol. The van der Waals surface area contributed by atoms with Gasteiger partial charge in [-0.2, -0.15) is 0 Å². The van der Waals surface area contributed by atoms with Crippen molar-refractivity contribution in [1.29, 1.82) is 0 Å². The second kappa shape index (κ2) is 7.43. The molecule has 7 heteroatoms. The quantitative estimate of drug-likeness (QED) is 0.687. The Morgan fingerprint density at radius 1 is 1.17 bits per heavy atom. The molecule has 0 unspecified atom stereocenters. The van der Waals surface area contributed by atoms with Crippen molar-refractivity contribution in [3.05, 3.63) is 59.4 Å². The summed E-state index contributed by atoms with van der Waals surface area (Å²) in [5.41, 5.74) is 1.79. The van der Waals surface area contributed by atoms with Gasteiger partial charge < -0.3 is 4.74 Å². The van der Waals surface area contributed by atoms with E-state index in [0.717, 1.165) is 22.0 Å². The van der Waals surface area contributed by atoms with Crippen LogP contribution in [0.5, 0.6) is 5.75 Å². The van der Waals surface area contributed by atoms with Crippen LogP contribution >= 0.6 is 11.3 Å². The van der Waals surface area contributed by atoms with Gasteiger partial charge in [-0.05, 0) is 23.8 Å². The van der Waals surface area contributed by atoms with Crippen LogP contribution in [0, 0.1) is 0 Å². The van der Waals surface area contributed by atoms with Crippen molar-refractivity contribution in [1.82, 2.24) is 15.0 Å². The van der Waals surface area contributed by atoms with Crippen LogP contribution in [-0.2, 0) is 22.3 Å². The van der Waals surface area contributed by atoms with E-state index in [4.69, 9.17) is 4.74 Å². The second-order valence-corrected chi connectivity index (χ2v) is 7.11. The summed E-state index contributed by atoms with van der Waals surface area (Å²) < 4.78 is 17.5. The third-order valence-corrected chi connectivity index (χ3v) is 5.24. The Morgan fingerprint density at radius 3 is 2.78 bits per heavy atom. The standard InChI is InChI=1S/C16H15N3O2S2/c1-21-14-5-2-4-12(8-14)10-23(20)11-13-9-22-16(19-13)15-17-6-3-7-18-15/h2-9H,10-11H2,1H3/t23-/m0/s1. The predicted octanol–water partition coefficient (Wildman–Crippen LogP) is 3.06. The number of nitrogens with zero attached hydrogens (tertiary/aromatic N) is 3. The number of hydrogen-bond donors (Lipinski definition) is 0. The van der Waals surface area contributed by atoms with Crippen LogP contribution in [0.1, 0.15) is 11.3 Å². The number of aromatic nitrogens is 3. The molecule has 0 fully saturated rings. The van der Waals surface area contributed by atoms with Crippen molar-refractivity contribution in [2.24, 2.45) is 0 Å². The molecule has 0 amide bonds. The van der Waals surface area contributed by atoms with E-state index in [2.05, 4.69) is 15.0 Å². The highest BCUT2D eigenvalue weighted by Gasteiger charge is 2.10. The summed E-state index contributed by atoms with van der Waals surface area (Å²) in [6, 6.07) is 9.39. The van der Waals surface area contributed by atoms with Gasteiger partial charge in [0.1, 0.15) is 5.75 Å². The van der Waals surface area contributed by atoms with Gasteiger partial charge in [-0.1, -0.05) is 12.1 Å². The van der Waals surface area contributed by atoms with Crippen LogP contribution in [-0.4, -0.2) is 26.3 Å². The van der Waals surface area contributed by atoms with Crippen LogP contribution < -0.4 is 4.74 Å². The molecule has 0 N–H and O–H groups in total. The molecule has 118 valence electrons. The molecule has 3 rings (SSSR count). The largest absolute Gasteiger partial charge is 0.497 e. The first-order chi connectivity index (χ1) is 11.2. The smallest absolute Gasteiger partial charge is 0.188 e. The zero-order chi connectivity index (χ0) is 16.1. The molecular formula is C16H15N3O2S2. The fourth-order valence-corrected chi connectivity index (χ4v) is 4.05. The molecule has 23 heavy (non-hydrogen) atoms. The van der Waals surface area contributed by atoms with Gasteiger partial charge in [0.2, 0.25) is 0 Å². The van der Waals surface area contributed by atoms with Crippen LogP contribution in [0.2, 0.25) is 0 Å². The molecule has 1 aromatic carbocycles. The maximum atomic E-state index is 12.3. The number of thiazole rings is 1. The molecule has 2 heterocycles. The summed E-state index contributed by atoms with van der Waals surface area (Å²) in [6.45, 7) is 0. The third-order valence-electron chi connectivity index (χ3n) is 3.08. The monoisotopic (exact) mass is 345 g/mol. The SMILES string of the molecule is COc1cccc(C[S@](=O)Cc2csc(-c3ncccn3)n2)c1. The summed E-state index contributed by atoms with van der Waals surface area (Å²) >= 11 is 1.47. The lowest BCUT2D eigenvalue weighted by atomic mass is 10.2. The molecule has 3 aromatic rings. The topological polar surface area (TPSA) is 65.0 Å². The maximum Gasteiger partial charge on any atom is 0.188 e. The van der Waals surface area contributed by atoms with E-state index in [1.165, 1.54) is 11.3 Å². The lowest BCUT2D eigenvalue weighted by molar-refractivity contribution is 0.414. The molecule has 0 bridgehead atoms. The fourth-order valence-electron chi connectivity index (χ4n) is 2.05. The first-order valence-electron chi connectivity index (χ1n) is 6.94. The Bertz CT molecular complexity index is 806. The van der Waals surface area contributed by atoms with Crippen LogP contribution in [0.25, 0.3) is 10.8 Å². The van der Waals surface area contributed by atoms with E-state index < -0.39 is 10.8 Å². The molecule has 2 aromatic heterocycles. The fraction of sp³-hybridized carbons (Fsp3) is 0.188. The average Bonchev–Trinajstić information content (AvgIpc) is 3.04. The van der Waals surface area contributed by atoms with Crippen LogP contribution in [0.4, 0.5) is 0 Å². The molecule has 1 atom stereocenters. The zero-order valence-corrected chi connectivity index (χ0v) is 14.1. The van der Waals surface area contributed by atoms with Crippen molar-refractivity contribution in [2.45, 2.75) is 11.5 Å². The zero-order valence-electron chi connectivity index (χ0n) is 12.5. The van der Waals surface area contributed by atoms with Crippen molar-refractivity contribution in [2.75, 3.05) is 7.11 Å². The van der Waals surface area contributed by atoms with Gasteiger partial charge in [0.25, 0.3) is 0 Å². The number of benzene rings is 1. The van der Waals surface area contributed by atoms with Crippen molar-refractivity contribution < 1.29 is 8.95 Å². The van der Waals surface area contributed by atoms with Crippen molar-refractivity contribution in [3.63, 3.8) is 0 Å². The highest BCUT2D eigenvalue weighted by molar-refractivity contribution is 7.83. The molecule has 0 aliphatic carbocycles. The van der Waals surface area contributed by atoms with Crippen LogP contribution in [0.3, 0.4) is 0 Å². The first-order valence-corrected chi connectivity index (χ1v) is 9.31. The van der Waals surface area contributed by atoms with E-state index in [9.17, 15) is 4.21 Å². The van der Waals surface area contributed by atoms with Crippen molar-refractivity contribution in [3.8, 4) is 16.6 Å². The summed E-state index contributed by atoms with van der Waals surface area (Å²) in [5, 5.41) is 2.66. The van der Waals surface area contributed by atoms with Crippen LogP contribution in [0.15, 0.2) is 48.1 Å². The Hall–Kier alpha value is -2.12. The lowest BCUT2D eigenvalue weighted by Gasteiger charge is -2.04. The van der Waals surface area contributed by atoms with Gasteiger partial charge >= 0.3 is 0 Å². The minimum Gasteiger partial charge on any atom is -0.497 e. The molecule has 5 nitrogen and oxygen atoms in total. The Morgan fingerprint density at radius 2 is 2.00 bits per heavy atom. The number of hydrogen-bond acceptors (Lipinski definition) is 6. The maximum absolute atomic E-state index is 12.3. The second-order valence-electron chi connectivity index (χ2n) is 4.80. The van der Waals surface area contributed by atoms with E-state index in [1.54, 1.807) is 25.6 Å². The minimum atomic E-state index is -1.03. The number of ether oxygens (including phenoxy) is 1. The van der Waals surface area contributed by atoms with Gasteiger partial charge in [0, 0.05) is 34.3 Å². The number of methoxy groups -OCH3 is 1. The molecule has 0 saturated carbocycles. The lowest BCUT2D eigenvalue weighted by Crippen LogP contribution is -2.00. The highest BCUT2D eigenvalue weighted by atomic mass is 32.2. The van der Waals surface area contributed by atoms with Gasteiger partial charge in [-0.25, -0.2) is 15.0 Å². The van der Waals surface area contributed by atoms with E-state index >= 15 is 0 Å². The Balaban J connectivity index is 1.65. The summed E-state index contributed by atoms with van der Waals surface area (Å²) in [4.78, 5) is 12.8. The summed E-state index contributed by atoms with van der Waals surface area (Å²) in [7, 11) is 0.596. The summed E-state index contributed by atoms with van der Waals surface area (Å²) in [5.74, 6) is 2.27. The molecule has 0 spiro atoms. The summed E-state index contributed by atoms with van der Waals surface area (Å²) in [6.07, 6.45) is 3.37. The Labute approximate surface area is 140 Å². The number of rotatable bonds is 6. The third kappa shape index (κ3) is 4.20. The van der Waals surface area contributed by atoms with E-state index in [-0.39, 0.29) is 0 Å². The van der Waals surface area contributed by atoms with Crippen molar-refractivity contribution >= 4 is 22.1 Å². The molecular weight excluding hydrogens is 330 g/mol. The Kier molecular flexibility index (Phi) is 5.09. The van der Waals surface area contributed by atoms with Gasteiger partial charge in [0.05, 0.1) is 18.6 Å². The molecule has 0 aliphatic heterocycles. The highest BCUT2D eigenvalue weighted by Crippen LogP contribution is 2.21. The van der Waals surface area contributed by atoms with Gasteiger partial charge in [-0.3, -0.25) is 4.21 Å². The molecule has 0 saturated heterocycles. The normalized spacial score (nSPS) is 12.0. The van der Waals surface area contributed by atoms with Gasteiger partial charge in [-0.15, -0.1) is 11.3 Å². The average molecular weight is 345 g/mol. The minimum absolute atomic E-state index is 0.417. The van der Waals surface area contributed by atoms with Gasteiger partial charge in [0.15, 0.2) is 10.8 Å². The molecule has 0 aliphatic rings. The first kappa shape index (κ1) is 15.8.